The van der Waals surface area contributed by atoms with Crippen LogP contribution >= 0.6 is 0 Å². The fourth-order valence-electron chi connectivity index (χ4n) is 0.420. The van der Waals surface area contributed by atoms with E-state index in [0.717, 1.165) is 0 Å². The molecule has 0 aliphatic rings. The molecular weight excluding hydrogens is 413 g/mol. The molecule has 1 aromatic rings. The predicted octanol–water partition coefficient (Wildman–Crippen LogP) is 0.482. The van der Waals surface area contributed by atoms with Gasteiger partial charge in [-0.05, 0) is 0 Å². The van der Waals surface area contributed by atoms with E-state index >= 15 is 0 Å². The molecule has 24 heavy (non-hydrogen) atoms. The molecule has 16 heteroatoms. The maximum atomic E-state index is 10.7. The largest absolute Gasteiger partial charge is 3.00 e. The third-order valence-electron chi connectivity index (χ3n) is 1.31. The number of hydrogen-bond acceptors (Lipinski definition) is 7. The second-order valence-electron chi connectivity index (χ2n) is 3.11. The smallest absolute Gasteiger partial charge is 0.872 e. The van der Waals surface area contributed by atoms with E-state index in [1.54, 1.807) is 12.1 Å². The molecule has 0 saturated carbocycles. The summed E-state index contributed by atoms with van der Waals surface area (Å²) in [5, 5.41) is 10.3. The molecular formula is C8H5AlF6O7S2. The van der Waals surface area contributed by atoms with Crippen molar-refractivity contribution in [3.05, 3.63) is 30.3 Å². The minimum atomic E-state index is -6.09. The number of hydrogen-bond donors (Lipinski definition) is 0. The van der Waals surface area contributed by atoms with Crippen LogP contribution in [0.5, 0.6) is 5.75 Å². The van der Waals surface area contributed by atoms with E-state index in [4.69, 9.17) is 25.9 Å². The molecule has 0 bridgehead atoms. The van der Waals surface area contributed by atoms with Crippen LogP contribution in [0.25, 0.3) is 0 Å². The molecule has 0 aromatic heterocycles. The minimum absolute atomic E-state index is 0. The Balaban J connectivity index is -0.000000270. The molecule has 0 saturated heterocycles. The van der Waals surface area contributed by atoms with Gasteiger partial charge in [-0.2, -0.15) is 26.3 Å². The summed E-state index contributed by atoms with van der Waals surface area (Å²) in [6.45, 7) is 0. The van der Waals surface area contributed by atoms with Crippen LogP contribution in [0.3, 0.4) is 0 Å². The van der Waals surface area contributed by atoms with Crippen molar-refractivity contribution in [1.82, 2.24) is 0 Å². The fraction of sp³-hybridized carbons (Fsp3) is 0.250. The third kappa shape index (κ3) is 13.4. The number of para-hydroxylation sites is 1. The van der Waals surface area contributed by atoms with Crippen molar-refractivity contribution in [3.63, 3.8) is 0 Å². The van der Waals surface area contributed by atoms with Crippen LogP contribution in [0.1, 0.15) is 0 Å². The molecule has 136 valence electrons. The Labute approximate surface area is 142 Å². The van der Waals surface area contributed by atoms with Gasteiger partial charge in [-0.15, -0.1) is 5.75 Å². The van der Waals surface area contributed by atoms with Crippen LogP contribution in [-0.4, -0.2) is 54.3 Å². The zero-order valence-corrected chi connectivity index (χ0v) is 13.7. The van der Waals surface area contributed by atoms with Crippen LogP contribution < -0.4 is 5.11 Å². The average Bonchev–Trinajstić information content (AvgIpc) is 2.25. The molecule has 0 unspecified atom stereocenters. The van der Waals surface area contributed by atoms with E-state index in [-0.39, 0.29) is 23.1 Å². The SMILES string of the molecule is O=S(=O)([O-])C(F)(F)F.O=S(=O)([O-])C(F)(F)F.[Al+3].[O-]c1ccccc1. The van der Waals surface area contributed by atoms with Gasteiger partial charge in [-0.25, -0.2) is 16.8 Å². The summed E-state index contributed by atoms with van der Waals surface area (Å²) in [5.41, 5.74) is -11.3. The Morgan fingerprint density at radius 1 is 0.708 bits per heavy atom. The van der Waals surface area contributed by atoms with E-state index in [1.807, 2.05) is 6.07 Å². The first-order valence-electron chi connectivity index (χ1n) is 4.66. The topological polar surface area (TPSA) is 137 Å². The molecule has 1 aromatic carbocycles. The van der Waals surface area contributed by atoms with Gasteiger partial charge in [-0.1, -0.05) is 30.3 Å². The monoisotopic (exact) mass is 418 g/mol. The van der Waals surface area contributed by atoms with Gasteiger partial charge in [0.25, 0.3) is 0 Å². The van der Waals surface area contributed by atoms with Crippen LogP contribution in [-0.2, 0) is 20.2 Å². The Morgan fingerprint density at radius 2 is 0.917 bits per heavy atom. The Morgan fingerprint density at radius 3 is 1.00 bits per heavy atom. The summed E-state index contributed by atoms with van der Waals surface area (Å²) in [6.07, 6.45) is 0. The molecule has 0 atom stereocenters. The van der Waals surface area contributed by atoms with E-state index in [0.29, 0.717) is 0 Å². The summed E-state index contributed by atoms with van der Waals surface area (Å²) in [6, 6.07) is 8.33. The van der Waals surface area contributed by atoms with Crippen LogP contribution in [0.2, 0.25) is 0 Å². The first kappa shape index (κ1) is 27.8. The van der Waals surface area contributed by atoms with Crippen molar-refractivity contribution in [3.8, 4) is 5.75 Å². The predicted molar refractivity (Wildman–Crippen MR) is 63.1 cm³/mol. The van der Waals surface area contributed by atoms with Gasteiger partial charge in [0, 0.05) is 0 Å². The second kappa shape index (κ2) is 10.1. The number of alkyl halides is 6. The number of rotatable bonds is 0. The normalized spacial score (nSPS) is 11.8. The molecule has 0 spiro atoms. The zero-order chi connectivity index (χ0) is 19.1. The molecule has 7 nitrogen and oxygen atoms in total. The maximum absolute atomic E-state index is 10.7. The molecule has 0 aliphatic carbocycles. The number of halogens is 6. The van der Waals surface area contributed by atoms with Crippen molar-refractivity contribution in [2.75, 3.05) is 0 Å². The maximum Gasteiger partial charge on any atom is 3.00 e. The van der Waals surface area contributed by atoms with Gasteiger partial charge >= 0.3 is 28.4 Å². The van der Waals surface area contributed by atoms with Crippen LogP contribution in [0.4, 0.5) is 26.3 Å². The summed E-state index contributed by atoms with van der Waals surface area (Å²) < 4.78 is 118. The standard InChI is InChI=1S/C6H6O.2CHF3O3S.Al/c7-6-4-2-1-3-5-6;2*2-1(3,4)8(5,6)7;/h1-5,7H;2*(H,5,6,7);/q;;;+3/p-3. The van der Waals surface area contributed by atoms with Crippen molar-refractivity contribution in [1.29, 1.82) is 0 Å². The first-order chi connectivity index (χ1) is 9.89. The van der Waals surface area contributed by atoms with Gasteiger partial charge in [0.2, 0.25) is 0 Å². The van der Waals surface area contributed by atoms with Crippen LogP contribution in [0.15, 0.2) is 30.3 Å². The molecule has 0 heterocycles. The fourth-order valence-corrected chi connectivity index (χ4v) is 0.420. The summed E-state index contributed by atoms with van der Waals surface area (Å²) in [5.74, 6) is 0.0718. The molecule has 0 N–H and O–H groups in total. The number of benzene rings is 1. The minimum Gasteiger partial charge on any atom is -0.872 e. The van der Waals surface area contributed by atoms with Gasteiger partial charge < -0.3 is 14.2 Å². The van der Waals surface area contributed by atoms with E-state index in [2.05, 4.69) is 0 Å². The molecule has 0 radical (unpaired) electrons. The van der Waals surface area contributed by atoms with Crippen molar-refractivity contribution in [2.24, 2.45) is 0 Å². The van der Waals surface area contributed by atoms with E-state index < -0.39 is 31.3 Å². The first-order valence-corrected chi connectivity index (χ1v) is 7.47. The molecule has 0 fully saturated rings. The zero-order valence-electron chi connectivity index (χ0n) is 10.9. The van der Waals surface area contributed by atoms with Gasteiger partial charge in [0.05, 0.1) is 0 Å². The average molecular weight is 418 g/mol. The Hall–Kier alpha value is -1.05. The molecule has 1 rings (SSSR count). The molecule has 0 amide bonds. The van der Waals surface area contributed by atoms with E-state index in [9.17, 15) is 31.4 Å². The quantitative estimate of drug-likeness (QED) is 0.259. The Kier molecular flexibility index (Phi) is 11.6. The van der Waals surface area contributed by atoms with Crippen molar-refractivity contribution >= 4 is 37.6 Å². The summed E-state index contributed by atoms with van der Waals surface area (Å²) in [4.78, 5) is 0. The van der Waals surface area contributed by atoms with Gasteiger partial charge in [0.15, 0.2) is 20.2 Å². The van der Waals surface area contributed by atoms with Gasteiger partial charge in [-0.3, -0.25) is 0 Å². The molecule has 0 aliphatic heterocycles. The third-order valence-corrected chi connectivity index (χ3v) is 2.44. The Bertz CT molecular complexity index is 627. The van der Waals surface area contributed by atoms with Crippen LogP contribution in [0, 0.1) is 0 Å². The van der Waals surface area contributed by atoms with Gasteiger partial charge in [0.1, 0.15) is 0 Å². The summed E-state index contributed by atoms with van der Waals surface area (Å²) >= 11 is 0. The van der Waals surface area contributed by atoms with Crippen molar-refractivity contribution < 1.29 is 57.4 Å². The summed E-state index contributed by atoms with van der Waals surface area (Å²) in [7, 11) is -12.2. The second-order valence-corrected chi connectivity index (χ2v) is 5.86. The van der Waals surface area contributed by atoms with Crippen molar-refractivity contribution in [2.45, 2.75) is 11.0 Å². The van der Waals surface area contributed by atoms with E-state index in [1.165, 1.54) is 12.1 Å².